The van der Waals surface area contributed by atoms with E-state index < -0.39 is 0 Å². The molecule has 29 heavy (non-hydrogen) atoms. The first-order valence-electron chi connectivity index (χ1n) is 10.2. The second kappa shape index (κ2) is 8.93. The van der Waals surface area contributed by atoms with Gasteiger partial charge in [0.1, 0.15) is 0 Å². The number of hydrogen-bond donors (Lipinski definition) is 1. The van der Waals surface area contributed by atoms with Gasteiger partial charge in [-0.3, -0.25) is 9.69 Å². The lowest BCUT2D eigenvalue weighted by Gasteiger charge is -2.36. The van der Waals surface area contributed by atoms with Crippen LogP contribution in [0.1, 0.15) is 21.5 Å². The van der Waals surface area contributed by atoms with Crippen LogP contribution in [0.2, 0.25) is 0 Å². The molecule has 1 heterocycles. The summed E-state index contributed by atoms with van der Waals surface area (Å²) in [5, 5.41) is 2.98. The Labute approximate surface area is 172 Å². The van der Waals surface area contributed by atoms with Gasteiger partial charge in [-0.05, 0) is 48.9 Å². The molecule has 1 saturated heterocycles. The largest absolute Gasteiger partial charge is 0.369 e. The number of piperazine rings is 1. The third-order valence-electron chi connectivity index (χ3n) is 5.43. The summed E-state index contributed by atoms with van der Waals surface area (Å²) in [4.78, 5) is 17.3. The number of carbonyl (C=O) groups excluding carboxylic acids is 1. The Bertz CT molecular complexity index is 928. The van der Waals surface area contributed by atoms with E-state index in [1.54, 1.807) is 0 Å². The van der Waals surface area contributed by atoms with Crippen molar-refractivity contribution in [3.05, 3.63) is 95.6 Å². The number of rotatable bonds is 5. The van der Waals surface area contributed by atoms with E-state index in [1.807, 2.05) is 43.3 Å². The molecule has 0 aliphatic carbocycles. The standard InChI is InChI=1S/C25H27N3O/c1-20-7-9-22(10-8-20)25(29)26-23-11-13-24(14-12-23)28-17-15-27(16-18-28)19-21-5-3-2-4-6-21/h2-14H,15-19H2,1H3,(H,26,29). The number of benzene rings is 3. The summed E-state index contributed by atoms with van der Waals surface area (Å²) in [5.41, 5.74) is 5.22. The van der Waals surface area contributed by atoms with Crippen LogP contribution >= 0.6 is 0 Å². The molecule has 1 aliphatic heterocycles. The maximum Gasteiger partial charge on any atom is 0.255 e. The monoisotopic (exact) mass is 385 g/mol. The van der Waals surface area contributed by atoms with Crippen molar-refractivity contribution in [3.63, 3.8) is 0 Å². The van der Waals surface area contributed by atoms with Gasteiger partial charge in [0.15, 0.2) is 0 Å². The molecule has 1 amide bonds. The fourth-order valence-electron chi connectivity index (χ4n) is 3.67. The molecule has 1 fully saturated rings. The van der Waals surface area contributed by atoms with Crippen LogP contribution in [0.25, 0.3) is 0 Å². The molecule has 148 valence electrons. The summed E-state index contributed by atoms with van der Waals surface area (Å²) in [5.74, 6) is -0.0766. The van der Waals surface area contributed by atoms with Gasteiger partial charge < -0.3 is 10.2 Å². The molecule has 3 aromatic rings. The Morgan fingerprint density at radius 3 is 2.14 bits per heavy atom. The third-order valence-corrected chi connectivity index (χ3v) is 5.43. The Kier molecular flexibility index (Phi) is 5.92. The molecule has 0 spiro atoms. The van der Waals surface area contributed by atoms with Crippen molar-refractivity contribution in [2.75, 3.05) is 36.4 Å². The lowest BCUT2D eigenvalue weighted by Crippen LogP contribution is -2.45. The molecule has 4 rings (SSSR count). The lowest BCUT2D eigenvalue weighted by molar-refractivity contribution is 0.102. The van der Waals surface area contributed by atoms with Gasteiger partial charge >= 0.3 is 0 Å². The first-order chi connectivity index (χ1) is 14.2. The number of carbonyl (C=O) groups is 1. The SMILES string of the molecule is Cc1ccc(C(=O)Nc2ccc(N3CCN(Cc4ccccc4)CC3)cc2)cc1. The van der Waals surface area contributed by atoms with E-state index in [4.69, 9.17) is 0 Å². The van der Waals surface area contributed by atoms with Crippen molar-refractivity contribution < 1.29 is 4.79 Å². The van der Waals surface area contributed by atoms with Crippen molar-refractivity contribution in [3.8, 4) is 0 Å². The minimum absolute atomic E-state index is 0.0766. The van der Waals surface area contributed by atoms with E-state index in [-0.39, 0.29) is 5.91 Å². The molecule has 0 aromatic heterocycles. The summed E-state index contributed by atoms with van der Waals surface area (Å²) in [7, 11) is 0. The number of hydrogen-bond acceptors (Lipinski definition) is 3. The summed E-state index contributed by atoms with van der Waals surface area (Å²) >= 11 is 0. The van der Waals surface area contributed by atoms with E-state index >= 15 is 0 Å². The van der Waals surface area contributed by atoms with Crippen LogP contribution in [0.15, 0.2) is 78.9 Å². The van der Waals surface area contributed by atoms with Gasteiger partial charge in [0.25, 0.3) is 5.91 Å². The van der Waals surface area contributed by atoms with Crippen LogP contribution in [-0.4, -0.2) is 37.0 Å². The first-order valence-corrected chi connectivity index (χ1v) is 10.2. The number of aryl methyl sites for hydroxylation is 1. The van der Waals surface area contributed by atoms with E-state index in [0.29, 0.717) is 5.56 Å². The van der Waals surface area contributed by atoms with Crippen LogP contribution < -0.4 is 10.2 Å². The lowest BCUT2D eigenvalue weighted by atomic mass is 10.1. The summed E-state index contributed by atoms with van der Waals surface area (Å²) in [6, 6.07) is 26.4. The molecule has 1 aliphatic rings. The van der Waals surface area contributed by atoms with Gasteiger partial charge in [-0.25, -0.2) is 0 Å². The van der Waals surface area contributed by atoms with Gasteiger partial charge in [0, 0.05) is 49.7 Å². The zero-order valence-corrected chi connectivity index (χ0v) is 16.8. The molecule has 0 unspecified atom stereocenters. The van der Waals surface area contributed by atoms with Gasteiger partial charge in [-0.2, -0.15) is 0 Å². The van der Waals surface area contributed by atoms with Crippen LogP contribution in [0.3, 0.4) is 0 Å². The van der Waals surface area contributed by atoms with Crippen LogP contribution in [0.4, 0.5) is 11.4 Å². The average Bonchev–Trinajstić information content (AvgIpc) is 2.76. The maximum atomic E-state index is 12.4. The van der Waals surface area contributed by atoms with Crippen molar-refractivity contribution in [2.24, 2.45) is 0 Å². The van der Waals surface area contributed by atoms with E-state index in [1.165, 1.54) is 11.3 Å². The zero-order chi connectivity index (χ0) is 20.1. The van der Waals surface area contributed by atoms with Crippen LogP contribution in [0, 0.1) is 6.92 Å². The molecular formula is C25H27N3O. The summed E-state index contributed by atoms with van der Waals surface area (Å²) in [6.07, 6.45) is 0. The molecular weight excluding hydrogens is 358 g/mol. The Morgan fingerprint density at radius 2 is 1.48 bits per heavy atom. The Morgan fingerprint density at radius 1 is 0.828 bits per heavy atom. The molecule has 0 bridgehead atoms. The Hall–Kier alpha value is -3.11. The minimum Gasteiger partial charge on any atom is -0.369 e. The number of nitrogens with one attached hydrogen (secondary N) is 1. The fraction of sp³-hybridized carbons (Fsp3) is 0.240. The second-order valence-corrected chi connectivity index (χ2v) is 7.62. The highest BCUT2D eigenvalue weighted by Crippen LogP contribution is 2.21. The second-order valence-electron chi connectivity index (χ2n) is 7.62. The smallest absolute Gasteiger partial charge is 0.255 e. The molecule has 3 aromatic carbocycles. The van der Waals surface area contributed by atoms with E-state index in [9.17, 15) is 4.79 Å². The third kappa shape index (κ3) is 5.04. The maximum absolute atomic E-state index is 12.4. The number of nitrogens with zero attached hydrogens (tertiary/aromatic N) is 2. The van der Waals surface area contributed by atoms with E-state index in [2.05, 4.69) is 57.6 Å². The van der Waals surface area contributed by atoms with Crippen molar-refractivity contribution in [2.45, 2.75) is 13.5 Å². The summed E-state index contributed by atoms with van der Waals surface area (Å²) < 4.78 is 0. The highest BCUT2D eigenvalue weighted by molar-refractivity contribution is 6.04. The molecule has 0 saturated carbocycles. The van der Waals surface area contributed by atoms with Gasteiger partial charge in [0.05, 0.1) is 0 Å². The summed E-state index contributed by atoms with van der Waals surface area (Å²) in [6.45, 7) is 7.17. The topological polar surface area (TPSA) is 35.6 Å². The molecule has 4 nitrogen and oxygen atoms in total. The Balaban J connectivity index is 1.30. The fourth-order valence-corrected chi connectivity index (χ4v) is 3.67. The zero-order valence-electron chi connectivity index (χ0n) is 16.8. The van der Waals surface area contributed by atoms with Gasteiger partial charge in [-0.1, -0.05) is 48.0 Å². The average molecular weight is 386 g/mol. The first kappa shape index (κ1) is 19.2. The van der Waals surface area contributed by atoms with E-state index in [0.717, 1.165) is 44.0 Å². The number of amides is 1. The molecule has 0 atom stereocenters. The predicted octanol–water partition coefficient (Wildman–Crippen LogP) is 4.57. The molecule has 4 heteroatoms. The normalized spacial score (nSPS) is 14.6. The van der Waals surface area contributed by atoms with Crippen molar-refractivity contribution in [1.82, 2.24) is 4.90 Å². The van der Waals surface area contributed by atoms with Crippen molar-refractivity contribution in [1.29, 1.82) is 0 Å². The van der Waals surface area contributed by atoms with Crippen LogP contribution in [0.5, 0.6) is 0 Å². The highest BCUT2D eigenvalue weighted by atomic mass is 16.1. The molecule has 0 radical (unpaired) electrons. The van der Waals surface area contributed by atoms with Crippen LogP contribution in [-0.2, 0) is 6.54 Å². The van der Waals surface area contributed by atoms with Gasteiger partial charge in [0.2, 0.25) is 0 Å². The molecule has 1 N–H and O–H groups in total. The minimum atomic E-state index is -0.0766. The quantitative estimate of drug-likeness (QED) is 0.699. The predicted molar refractivity (Wildman–Crippen MR) is 120 cm³/mol. The van der Waals surface area contributed by atoms with Crippen molar-refractivity contribution >= 4 is 17.3 Å². The number of anilines is 2. The highest BCUT2D eigenvalue weighted by Gasteiger charge is 2.17. The van der Waals surface area contributed by atoms with Gasteiger partial charge in [-0.15, -0.1) is 0 Å².